The number of primary sulfonamides is 1. The molecule has 0 fully saturated rings. The average Bonchev–Trinajstić information content (AvgIpc) is 1.88. The first-order valence-electron chi connectivity index (χ1n) is 2.68. The van der Waals surface area contributed by atoms with E-state index in [1.807, 2.05) is 0 Å². The molecule has 0 saturated carbocycles. The molecular weight excluding hydrogens is 162 g/mol. The smallest absolute Gasteiger partial charge is 0.225 e. The van der Waals surface area contributed by atoms with Crippen molar-refractivity contribution in [1.82, 2.24) is 0 Å². The lowest BCUT2D eigenvalue weighted by atomic mass is 10.4. The summed E-state index contributed by atoms with van der Waals surface area (Å²) in [6, 6.07) is 7.89. The molecule has 0 unspecified atom stereocenters. The second-order valence-corrected chi connectivity index (χ2v) is 3.42. The van der Waals surface area contributed by atoms with Crippen LogP contribution in [0, 0.1) is 0 Å². The summed E-state index contributed by atoms with van der Waals surface area (Å²) in [7, 11) is -3.50. The molecular formula is C7H11NO2S. The highest BCUT2D eigenvalue weighted by Crippen LogP contribution is 2.02. The maximum atomic E-state index is 10.6. The summed E-state index contributed by atoms with van der Waals surface area (Å²) < 4.78 is 21.2. The van der Waals surface area contributed by atoms with Gasteiger partial charge in [0, 0.05) is 0 Å². The largest absolute Gasteiger partial charge is 0.238 e. The molecule has 1 rings (SSSR count). The van der Waals surface area contributed by atoms with Gasteiger partial charge in [0.15, 0.2) is 0 Å². The second-order valence-electron chi connectivity index (χ2n) is 1.86. The molecule has 0 amide bonds. The van der Waals surface area contributed by atoms with Crippen LogP contribution in [0.2, 0.25) is 0 Å². The number of sulfonamides is 1. The number of hydrogen-bond donors (Lipinski definition) is 1. The summed E-state index contributed by atoms with van der Waals surface area (Å²) >= 11 is 0. The first-order valence-corrected chi connectivity index (χ1v) is 4.23. The predicted molar refractivity (Wildman–Crippen MR) is 44.5 cm³/mol. The maximum absolute atomic E-state index is 10.6. The second kappa shape index (κ2) is 3.50. The van der Waals surface area contributed by atoms with E-state index >= 15 is 0 Å². The van der Waals surface area contributed by atoms with E-state index in [1.165, 1.54) is 12.1 Å². The van der Waals surface area contributed by atoms with Crippen LogP contribution in [0.4, 0.5) is 0 Å². The van der Waals surface area contributed by atoms with E-state index in [4.69, 9.17) is 5.14 Å². The quantitative estimate of drug-likeness (QED) is 0.687. The summed E-state index contributed by atoms with van der Waals surface area (Å²) in [5.74, 6) is 0. The molecule has 0 aliphatic carbocycles. The van der Waals surface area contributed by atoms with Crippen molar-refractivity contribution in [3.63, 3.8) is 0 Å². The molecule has 1 aromatic rings. The Morgan fingerprint density at radius 3 is 1.82 bits per heavy atom. The summed E-state index contributed by atoms with van der Waals surface area (Å²) in [6.07, 6.45) is 0. The van der Waals surface area contributed by atoms with Crippen LogP contribution >= 0.6 is 0 Å². The standard InChI is InChI=1S/C6H7NO2S.CH4/c7-10(8,9)6-4-2-1-3-5-6;/h1-5H,(H2,7,8,9);1H4. The van der Waals surface area contributed by atoms with Crippen LogP contribution in [0.3, 0.4) is 0 Å². The third-order valence-corrected chi connectivity index (χ3v) is 2.00. The van der Waals surface area contributed by atoms with Crippen LogP contribution in [0.1, 0.15) is 7.43 Å². The number of hydrogen-bond acceptors (Lipinski definition) is 2. The first kappa shape index (κ1) is 10.1. The minimum Gasteiger partial charge on any atom is -0.225 e. The number of nitrogens with two attached hydrogens (primary N) is 1. The molecule has 0 spiro atoms. The zero-order valence-corrected chi connectivity index (χ0v) is 6.01. The fourth-order valence-corrected chi connectivity index (χ4v) is 1.15. The van der Waals surface area contributed by atoms with Crippen LogP contribution in [-0.2, 0) is 10.0 Å². The Morgan fingerprint density at radius 1 is 1.09 bits per heavy atom. The van der Waals surface area contributed by atoms with Gasteiger partial charge in [-0.25, -0.2) is 13.6 Å². The predicted octanol–water partition coefficient (Wildman–Crippen LogP) is 0.970. The summed E-state index contributed by atoms with van der Waals surface area (Å²) in [5.41, 5.74) is 0. The van der Waals surface area contributed by atoms with Gasteiger partial charge in [-0.1, -0.05) is 25.6 Å². The highest BCUT2D eigenvalue weighted by Gasteiger charge is 2.03. The van der Waals surface area contributed by atoms with Gasteiger partial charge in [-0.2, -0.15) is 0 Å². The van der Waals surface area contributed by atoms with Gasteiger partial charge in [0.25, 0.3) is 0 Å². The van der Waals surface area contributed by atoms with E-state index in [9.17, 15) is 8.42 Å². The molecule has 0 aromatic heterocycles. The zero-order chi connectivity index (χ0) is 7.61. The minimum absolute atomic E-state index is 0. The van der Waals surface area contributed by atoms with Crippen molar-refractivity contribution in [3.05, 3.63) is 30.3 Å². The normalized spacial score (nSPS) is 10.3. The molecule has 62 valence electrons. The molecule has 4 heteroatoms. The fraction of sp³-hybridized carbons (Fsp3) is 0.143. The summed E-state index contributed by atoms with van der Waals surface area (Å²) in [5, 5.41) is 4.83. The summed E-state index contributed by atoms with van der Waals surface area (Å²) in [4.78, 5) is 0.148. The van der Waals surface area contributed by atoms with Crippen molar-refractivity contribution in [2.75, 3.05) is 0 Å². The monoisotopic (exact) mass is 173 g/mol. The Kier molecular flexibility index (Phi) is 3.22. The highest BCUT2D eigenvalue weighted by molar-refractivity contribution is 7.89. The lowest BCUT2D eigenvalue weighted by Gasteiger charge is -1.93. The van der Waals surface area contributed by atoms with Crippen LogP contribution in [0.15, 0.2) is 35.2 Å². The van der Waals surface area contributed by atoms with E-state index < -0.39 is 10.0 Å². The van der Waals surface area contributed by atoms with Gasteiger partial charge in [0.1, 0.15) is 0 Å². The molecule has 0 aliphatic rings. The van der Waals surface area contributed by atoms with E-state index in [-0.39, 0.29) is 12.3 Å². The van der Waals surface area contributed by atoms with Gasteiger partial charge in [0.2, 0.25) is 10.0 Å². The maximum Gasteiger partial charge on any atom is 0.238 e. The first-order chi connectivity index (χ1) is 4.61. The van der Waals surface area contributed by atoms with Gasteiger partial charge in [-0.3, -0.25) is 0 Å². The summed E-state index contributed by atoms with van der Waals surface area (Å²) in [6.45, 7) is 0. The molecule has 3 nitrogen and oxygen atoms in total. The SMILES string of the molecule is C.NS(=O)(=O)c1ccccc1. The van der Waals surface area contributed by atoms with E-state index in [0.717, 1.165) is 0 Å². The van der Waals surface area contributed by atoms with Gasteiger partial charge in [-0.05, 0) is 12.1 Å². The van der Waals surface area contributed by atoms with Crippen LogP contribution in [-0.4, -0.2) is 8.42 Å². The molecule has 0 aliphatic heterocycles. The van der Waals surface area contributed by atoms with E-state index in [0.29, 0.717) is 0 Å². The van der Waals surface area contributed by atoms with Crippen LogP contribution in [0.25, 0.3) is 0 Å². The lowest BCUT2D eigenvalue weighted by Crippen LogP contribution is -2.11. The molecule has 0 heterocycles. The molecule has 2 N–H and O–H groups in total. The van der Waals surface area contributed by atoms with Gasteiger partial charge in [-0.15, -0.1) is 0 Å². The van der Waals surface area contributed by atoms with Gasteiger partial charge < -0.3 is 0 Å². The van der Waals surface area contributed by atoms with Crippen molar-refractivity contribution in [1.29, 1.82) is 0 Å². The lowest BCUT2D eigenvalue weighted by molar-refractivity contribution is 0.598. The zero-order valence-electron chi connectivity index (χ0n) is 5.19. The van der Waals surface area contributed by atoms with Crippen molar-refractivity contribution in [2.45, 2.75) is 12.3 Å². The van der Waals surface area contributed by atoms with Crippen LogP contribution in [0.5, 0.6) is 0 Å². The molecule has 11 heavy (non-hydrogen) atoms. The minimum atomic E-state index is -3.50. The van der Waals surface area contributed by atoms with Gasteiger partial charge in [0.05, 0.1) is 4.90 Å². The highest BCUT2D eigenvalue weighted by atomic mass is 32.2. The van der Waals surface area contributed by atoms with Crippen molar-refractivity contribution in [3.8, 4) is 0 Å². The number of benzene rings is 1. The molecule has 0 atom stereocenters. The van der Waals surface area contributed by atoms with Crippen molar-refractivity contribution < 1.29 is 8.42 Å². The topological polar surface area (TPSA) is 60.2 Å². The Bertz CT molecular complexity index is 304. The third kappa shape index (κ3) is 2.69. The van der Waals surface area contributed by atoms with Gasteiger partial charge >= 0.3 is 0 Å². The van der Waals surface area contributed by atoms with E-state index in [1.54, 1.807) is 18.2 Å². The third-order valence-electron chi connectivity index (χ3n) is 1.07. The van der Waals surface area contributed by atoms with Crippen LogP contribution < -0.4 is 5.14 Å². The Hall–Kier alpha value is -0.870. The molecule has 0 radical (unpaired) electrons. The van der Waals surface area contributed by atoms with Crippen molar-refractivity contribution in [2.24, 2.45) is 5.14 Å². The Morgan fingerprint density at radius 2 is 1.55 bits per heavy atom. The average molecular weight is 173 g/mol. The molecule has 1 aromatic carbocycles. The fourth-order valence-electron chi connectivity index (χ4n) is 0.610. The molecule has 0 saturated heterocycles. The van der Waals surface area contributed by atoms with E-state index in [2.05, 4.69) is 0 Å². The Labute approximate surface area is 66.9 Å². The van der Waals surface area contributed by atoms with Crippen molar-refractivity contribution >= 4 is 10.0 Å². The number of rotatable bonds is 1. The Balaban J connectivity index is 0.000001000. The molecule has 0 bridgehead atoms.